The first-order valence-electron chi connectivity index (χ1n) is 5.22. The summed E-state index contributed by atoms with van der Waals surface area (Å²) in [5, 5.41) is 11.1. The lowest BCUT2D eigenvalue weighted by Crippen LogP contribution is -2.10. The SMILES string of the molecule is COCCOCCCn1nnnc1C(C)Cl. The molecule has 0 fully saturated rings. The van der Waals surface area contributed by atoms with Gasteiger partial charge in [-0.3, -0.25) is 0 Å². The first-order chi connectivity index (χ1) is 7.75. The van der Waals surface area contributed by atoms with Crippen molar-refractivity contribution in [2.75, 3.05) is 26.9 Å². The molecular weight excluding hydrogens is 232 g/mol. The third kappa shape index (κ3) is 4.42. The van der Waals surface area contributed by atoms with Gasteiger partial charge in [-0.25, -0.2) is 4.68 Å². The number of hydrogen-bond acceptors (Lipinski definition) is 5. The average molecular weight is 249 g/mol. The molecule has 1 aromatic rings. The van der Waals surface area contributed by atoms with Gasteiger partial charge in [0.1, 0.15) is 0 Å². The lowest BCUT2D eigenvalue weighted by Gasteiger charge is -2.06. The highest BCUT2D eigenvalue weighted by Gasteiger charge is 2.10. The number of nitrogens with zero attached hydrogens (tertiary/aromatic N) is 4. The summed E-state index contributed by atoms with van der Waals surface area (Å²) in [6.45, 7) is 4.46. The van der Waals surface area contributed by atoms with Gasteiger partial charge in [0, 0.05) is 20.3 Å². The molecule has 0 aliphatic heterocycles. The first-order valence-corrected chi connectivity index (χ1v) is 5.66. The van der Waals surface area contributed by atoms with Gasteiger partial charge in [0.05, 0.1) is 18.6 Å². The van der Waals surface area contributed by atoms with E-state index in [4.69, 9.17) is 21.1 Å². The summed E-state index contributed by atoms with van der Waals surface area (Å²) >= 11 is 5.92. The molecule has 0 spiro atoms. The van der Waals surface area contributed by atoms with Gasteiger partial charge in [-0.15, -0.1) is 16.7 Å². The Morgan fingerprint density at radius 3 is 2.88 bits per heavy atom. The normalized spacial score (nSPS) is 12.9. The Morgan fingerprint density at radius 2 is 2.19 bits per heavy atom. The van der Waals surface area contributed by atoms with Crippen molar-refractivity contribution in [3.05, 3.63) is 5.82 Å². The molecule has 1 atom stereocenters. The van der Waals surface area contributed by atoms with E-state index in [1.54, 1.807) is 11.8 Å². The van der Waals surface area contributed by atoms with Gasteiger partial charge < -0.3 is 9.47 Å². The molecule has 0 saturated carbocycles. The van der Waals surface area contributed by atoms with Crippen LogP contribution in [0.5, 0.6) is 0 Å². The number of aromatic nitrogens is 4. The summed E-state index contributed by atoms with van der Waals surface area (Å²) in [4.78, 5) is 0. The van der Waals surface area contributed by atoms with E-state index < -0.39 is 0 Å². The number of ether oxygens (including phenoxy) is 2. The molecule has 1 heterocycles. The van der Waals surface area contributed by atoms with Crippen molar-refractivity contribution < 1.29 is 9.47 Å². The van der Waals surface area contributed by atoms with Crippen molar-refractivity contribution in [1.29, 1.82) is 0 Å². The number of tetrazole rings is 1. The van der Waals surface area contributed by atoms with Crippen molar-refractivity contribution in [3.8, 4) is 0 Å². The van der Waals surface area contributed by atoms with Crippen molar-refractivity contribution in [2.45, 2.75) is 25.3 Å². The molecule has 0 N–H and O–H groups in total. The Bertz CT molecular complexity index is 293. The predicted octanol–water partition coefficient (Wildman–Crippen LogP) is 1.03. The van der Waals surface area contributed by atoms with E-state index >= 15 is 0 Å². The molecule has 0 aliphatic rings. The number of alkyl halides is 1. The van der Waals surface area contributed by atoms with Crippen LogP contribution in [0.4, 0.5) is 0 Å². The van der Waals surface area contributed by atoms with E-state index in [0.717, 1.165) is 6.42 Å². The quantitative estimate of drug-likeness (QED) is 0.508. The Hall–Kier alpha value is -0.720. The molecule has 1 rings (SSSR count). The standard InChI is InChI=1S/C9H17ClN4O2/c1-8(10)9-11-12-13-14(9)4-3-5-16-7-6-15-2/h8H,3-7H2,1-2H3. The van der Waals surface area contributed by atoms with Crippen LogP contribution in [0.25, 0.3) is 0 Å². The highest BCUT2D eigenvalue weighted by molar-refractivity contribution is 6.20. The van der Waals surface area contributed by atoms with E-state index in [1.807, 2.05) is 6.92 Å². The lowest BCUT2D eigenvalue weighted by molar-refractivity contribution is 0.0675. The second-order valence-electron chi connectivity index (χ2n) is 3.33. The Morgan fingerprint density at radius 1 is 1.38 bits per heavy atom. The fraction of sp³-hybridized carbons (Fsp3) is 0.889. The summed E-state index contributed by atoms with van der Waals surface area (Å²) in [7, 11) is 1.65. The maximum Gasteiger partial charge on any atom is 0.168 e. The zero-order chi connectivity index (χ0) is 11.8. The molecule has 0 aliphatic carbocycles. The number of halogens is 1. The topological polar surface area (TPSA) is 62.1 Å². The smallest absolute Gasteiger partial charge is 0.168 e. The molecule has 0 radical (unpaired) electrons. The molecule has 0 saturated heterocycles. The van der Waals surface area contributed by atoms with E-state index in [1.165, 1.54) is 0 Å². The monoisotopic (exact) mass is 248 g/mol. The number of aryl methyl sites for hydroxylation is 1. The number of hydrogen-bond donors (Lipinski definition) is 0. The second kappa shape index (κ2) is 7.54. The highest BCUT2D eigenvalue weighted by Crippen LogP contribution is 2.15. The minimum atomic E-state index is -0.176. The fourth-order valence-electron chi connectivity index (χ4n) is 1.22. The van der Waals surface area contributed by atoms with Gasteiger partial charge >= 0.3 is 0 Å². The van der Waals surface area contributed by atoms with Crippen molar-refractivity contribution in [1.82, 2.24) is 20.2 Å². The molecule has 6 nitrogen and oxygen atoms in total. The molecule has 1 aromatic heterocycles. The van der Waals surface area contributed by atoms with E-state index in [0.29, 0.717) is 32.2 Å². The molecule has 1 unspecified atom stereocenters. The van der Waals surface area contributed by atoms with Crippen LogP contribution in [0.15, 0.2) is 0 Å². The van der Waals surface area contributed by atoms with Gasteiger partial charge in [0.15, 0.2) is 5.82 Å². The molecule has 0 amide bonds. The summed E-state index contributed by atoms with van der Waals surface area (Å²) in [6, 6.07) is 0. The first kappa shape index (κ1) is 13.3. The van der Waals surface area contributed by atoms with Crippen LogP contribution < -0.4 is 0 Å². The third-order valence-electron chi connectivity index (χ3n) is 2.01. The Balaban J connectivity index is 2.19. The highest BCUT2D eigenvalue weighted by atomic mass is 35.5. The van der Waals surface area contributed by atoms with Crippen LogP contribution in [-0.2, 0) is 16.0 Å². The lowest BCUT2D eigenvalue weighted by atomic mass is 10.4. The van der Waals surface area contributed by atoms with Crippen molar-refractivity contribution >= 4 is 11.6 Å². The minimum absolute atomic E-state index is 0.176. The van der Waals surface area contributed by atoms with Crippen LogP contribution in [0.1, 0.15) is 24.5 Å². The Labute approximate surface area is 99.9 Å². The van der Waals surface area contributed by atoms with Gasteiger partial charge in [0.25, 0.3) is 0 Å². The van der Waals surface area contributed by atoms with Gasteiger partial charge in [0.2, 0.25) is 0 Å². The maximum atomic E-state index is 5.92. The average Bonchev–Trinajstić information content (AvgIpc) is 2.71. The van der Waals surface area contributed by atoms with Gasteiger partial charge in [-0.1, -0.05) is 0 Å². The second-order valence-corrected chi connectivity index (χ2v) is 3.99. The number of methoxy groups -OCH3 is 1. The minimum Gasteiger partial charge on any atom is -0.382 e. The van der Waals surface area contributed by atoms with E-state index in [9.17, 15) is 0 Å². The van der Waals surface area contributed by atoms with Crippen molar-refractivity contribution in [2.24, 2.45) is 0 Å². The van der Waals surface area contributed by atoms with Crippen LogP contribution in [-0.4, -0.2) is 47.1 Å². The largest absolute Gasteiger partial charge is 0.382 e. The molecule has 16 heavy (non-hydrogen) atoms. The predicted molar refractivity (Wildman–Crippen MR) is 59.4 cm³/mol. The third-order valence-corrected chi connectivity index (χ3v) is 2.20. The van der Waals surface area contributed by atoms with E-state index in [-0.39, 0.29) is 5.38 Å². The van der Waals surface area contributed by atoms with Crippen LogP contribution in [0, 0.1) is 0 Å². The maximum absolute atomic E-state index is 5.92. The van der Waals surface area contributed by atoms with Gasteiger partial charge in [-0.05, 0) is 23.8 Å². The van der Waals surface area contributed by atoms with Crippen LogP contribution >= 0.6 is 11.6 Å². The van der Waals surface area contributed by atoms with Gasteiger partial charge in [-0.2, -0.15) is 0 Å². The summed E-state index contributed by atoms with van der Waals surface area (Å²) in [5.41, 5.74) is 0. The van der Waals surface area contributed by atoms with Crippen LogP contribution in [0.3, 0.4) is 0 Å². The summed E-state index contributed by atoms with van der Waals surface area (Å²) < 4.78 is 11.9. The van der Waals surface area contributed by atoms with Crippen molar-refractivity contribution in [3.63, 3.8) is 0 Å². The fourth-order valence-corrected chi connectivity index (χ4v) is 1.37. The molecular formula is C9H17ClN4O2. The zero-order valence-corrected chi connectivity index (χ0v) is 10.4. The summed E-state index contributed by atoms with van der Waals surface area (Å²) in [6.07, 6.45) is 0.853. The van der Waals surface area contributed by atoms with Crippen LogP contribution in [0.2, 0.25) is 0 Å². The zero-order valence-electron chi connectivity index (χ0n) is 9.60. The molecule has 92 valence electrons. The molecule has 0 aromatic carbocycles. The Kier molecular flexibility index (Phi) is 6.29. The number of rotatable bonds is 8. The molecule has 0 bridgehead atoms. The molecule has 7 heteroatoms. The van der Waals surface area contributed by atoms with E-state index in [2.05, 4.69) is 15.5 Å². The summed E-state index contributed by atoms with van der Waals surface area (Å²) in [5.74, 6) is 0.693.